The number of amides is 1. The van der Waals surface area contributed by atoms with Crippen LogP contribution in [0.2, 0.25) is 10.4 Å². The smallest absolute Gasteiger partial charge is 0.420 e. The number of rotatable bonds is 3. The fourth-order valence-corrected chi connectivity index (χ4v) is 4.62. The molecule has 1 atom stereocenters. The van der Waals surface area contributed by atoms with Crippen LogP contribution in [-0.2, 0) is 6.18 Å². The van der Waals surface area contributed by atoms with Crippen LogP contribution in [0.25, 0.3) is 16.8 Å². The topological polar surface area (TPSA) is 50.8 Å². The minimum Gasteiger partial charge on any atom is -0.452 e. The lowest BCUT2D eigenvalue weighted by Crippen LogP contribution is -2.29. The van der Waals surface area contributed by atoms with E-state index in [1.165, 1.54) is 35.6 Å². The number of hydrogen-bond donors (Lipinski definition) is 0. The number of furan rings is 1. The van der Waals surface area contributed by atoms with E-state index in [1.807, 2.05) is 0 Å². The Morgan fingerprint density at radius 1 is 1.15 bits per heavy atom. The highest BCUT2D eigenvalue weighted by Crippen LogP contribution is 2.38. The van der Waals surface area contributed by atoms with Crippen molar-refractivity contribution in [2.24, 2.45) is 0 Å². The zero-order valence-corrected chi connectivity index (χ0v) is 18.8. The Labute approximate surface area is 200 Å². The number of likely N-dealkylation sites (tertiary alicyclic amines) is 1. The van der Waals surface area contributed by atoms with Gasteiger partial charge in [0, 0.05) is 42.4 Å². The monoisotopic (exact) mass is 511 g/mol. The Balaban J connectivity index is 1.53. The number of imidazole rings is 1. The minimum absolute atomic E-state index is 0.0122. The number of carbonyl (C=O) groups excluding carboxylic acids is 1. The van der Waals surface area contributed by atoms with Gasteiger partial charge in [-0.3, -0.25) is 9.20 Å². The summed E-state index contributed by atoms with van der Waals surface area (Å²) in [4.78, 5) is 18.6. The molecule has 4 aromatic rings. The summed E-state index contributed by atoms with van der Waals surface area (Å²) in [6, 6.07) is 8.40. The summed E-state index contributed by atoms with van der Waals surface area (Å²) in [6.45, 7) is 0.618. The third-order valence-corrected chi connectivity index (χ3v) is 6.43. The van der Waals surface area contributed by atoms with Crippen LogP contribution in [0.4, 0.5) is 17.6 Å². The molecule has 5 rings (SSSR count). The maximum atomic E-state index is 13.9. The number of alkyl halides is 3. The lowest BCUT2D eigenvalue weighted by molar-refractivity contribution is -0.136. The molecule has 1 saturated heterocycles. The second kappa shape index (κ2) is 8.32. The molecule has 176 valence electrons. The van der Waals surface area contributed by atoms with Crippen molar-refractivity contribution in [1.82, 2.24) is 14.3 Å². The van der Waals surface area contributed by atoms with E-state index in [2.05, 4.69) is 4.98 Å². The molecular weight excluding hydrogens is 497 g/mol. The maximum Gasteiger partial charge on any atom is 0.420 e. The molecule has 1 fully saturated rings. The Morgan fingerprint density at radius 3 is 2.62 bits per heavy atom. The van der Waals surface area contributed by atoms with Gasteiger partial charge in [-0.2, -0.15) is 13.2 Å². The standard InChI is InChI=1S/C23H15Cl2F4N3O2/c24-18-8-15(11-34-18)14-7-17(23(27,28)29)21-30-19(20(25)32(21)10-14)22(33)31-5-4-13(9-31)12-2-1-3-16(26)6-12/h1-3,6-8,10-11,13H,4-5,9H2. The zero-order chi connectivity index (χ0) is 24.2. The highest BCUT2D eigenvalue weighted by atomic mass is 35.5. The van der Waals surface area contributed by atoms with E-state index in [0.717, 1.165) is 16.0 Å². The van der Waals surface area contributed by atoms with Gasteiger partial charge in [0.2, 0.25) is 0 Å². The normalized spacial score (nSPS) is 16.5. The van der Waals surface area contributed by atoms with E-state index in [-0.39, 0.29) is 39.9 Å². The van der Waals surface area contributed by atoms with Gasteiger partial charge in [-0.1, -0.05) is 23.7 Å². The number of halogens is 6. The molecule has 1 unspecified atom stereocenters. The third kappa shape index (κ3) is 4.03. The predicted octanol–water partition coefficient (Wildman–Crippen LogP) is 6.69. The van der Waals surface area contributed by atoms with Gasteiger partial charge in [-0.05, 0) is 41.8 Å². The molecule has 1 aromatic carbocycles. The van der Waals surface area contributed by atoms with E-state index < -0.39 is 23.3 Å². The molecular formula is C23H15Cl2F4N3O2. The fraction of sp³-hybridized carbons (Fsp3) is 0.217. The van der Waals surface area contributed by atoms with Crippen molar-refractivity contribution >= 4 is 34.8 Å². The molecule has 1 amide bonds. The molecule has 11 heteroatoms. The van der Waals surface area contributed by atoms with Crippen LogP contribution in [0.3, 0.4) is 0 Å². The number of fused-ring (bicyclic) bond motifs is 1. The van der Waals surface area contributed by atoms with Crippen LogP contribution in [0.1, 0.15) is 34.0 Å². The second-order valence-corrected chi connectivity index (χ2v) is 8.75. The average Bonchev–Trinajstić information content (AvgIpc) is 3.51. The average molecular weight is 512 g/mol. The van der Waals surface area contributed by atoms with Gasteiger partial charge >= 0.3 is 6.18 Å². The molecule has 4 heterocycles. The minimum atomic E-state index is -4.75. The largest absolute Gasteiger partial charge is 0.452 e. The van der Waals surface area contributed by atoms with Crippen molar-refractivity contribution in [2.45, 2.75) is 18.5 Å². The molecule has 0 bridgehead atoms. The van der Waals surface area contributed by atoms with Crippen molar-refractivity contribution in [3.05, 3.63) is 81.9 Å². The molecule has 34 heavy (non-hydrogen) atoms. The van der Waals surface area contributed by atoms with Crippen molar-refractivity contribution < 1.29 is 26.8 Å². The molecule has 5 nitrogen and oxygen atoms in total. The quantitative estimate of drug-likeness (QED) is 0.288. The first-order valence-corrected chi connectivity index (χ1v) is 11.0. The number of pyridine rings is 1. The predicted molar refractivity (Wildman–Crippen MR) is 118 cm³/mol. The molecule has 1 aliphatic heterocycles. The van der Waals surface area contributed by atoms with Crippen molar-refractivity contribution in [1.29, 1.82) is 0 Å². The first kappa shape index (κ1) is 22.7. The van der Waals surface area contributed by atoms with Crippen LogP contribution in [-0.4, -0.2) is 33.3 Å². The number of hydrogen-bond acceptors (Lipinski definition) is 3. The van der Waals surface area contributed by atoms with E-state index in [9.17, 15) is 22.4 Å². The lowest BCUT2D eigenvalue weighted by Gasteiger charge is -2.15. The van der Waals surface area contributed by atoms with E-state index in [0.29, 0.717) is 18.5 Å². The van der Waals surface area contributed by atoms with Crippen molar-refractivity contribution in [3.8, 4) is 11.1 Å². The summed E-state index contributed by atoms with van der Waals surface area (Å²) in [5.74, 6) is -1.06. The van der Waals surface area contributed by atoms with Crippen LogP contribution in [0.15, 0.2) is 53.3 Å². The Bertz CT molecular complexity index is 1410. The third-order valence-electron chi connectivity index (χ3n) is 5.87. The lowest BCUT2D eigenvalue weighted by atomic mass is 9.98. The first-order chi connectivity index (χ1) is 16.1. The Hall–Kier alpha value is -3.04. The molecule has 3 aromatic heterocycles. The number of benzene rings is 1. The van der Waals surface area contributed by atoms with E-state index >= 15 is 0 Å². The summed E-state index contributed by atoms with van der Waals surface area (Å²) in [7, 11) is 0. The second-order valence-electron chi connectivity index (χ2n) is 8.02. The number of nitrogens with zero attached hydrogens (tertiary/aromatic N) is 3. The summed E-state index contributed by atoms with van der Waals surface area (Å²) in [6.07, 6.45) is -1.61. The molecule has 0 radical (unpaired) electrons. The van der Waals surface area contributed by atoms with Gasteiger partial charge in [0.05, 0.1) is 5.56 Å². The van der Waals surface area contributed by atoms with Crippen molar-refractivity contribution in [2.75, 3.05) is 13.1 Å². The van der Waals surface area contributed by atoms with Crippen LogP contribution in [0.5, 0.6) is 0 Å². The molecule has 1 aliphatic rings. The Morgan fingerprint density at radius 2 is 1.94 bits per heavy atom. The van der Waals surface area contributed by atoms with Gasteiger partial charge in [0.15, 0.2) is 16.6 Å². The number of carbonyl (C=O) groups is 1. The van der Waals surface area contributed by atoms with Gasteiger partial charge < -0.3 is 9.32 Å². The highest BCUT2D eigenvalue weighted by molar-refractivity contribution is 6.33. The van der Waals surface area contributed by atoms with E-state index in [4.69, 9.17) is 27.6 Å². The van der Waals surface area contributed by atoms with Crippen LogP contribution in [0, 0.1) is 5.82 Å². The molecule has 0 N–H and O–H groups in total. The molecule has 0 saturated carbocycles. The molecule has 0 aliphatic carbocycles. The fourth-order valence-electron chi connectivity index (χ4n) is 4.21. The van der Waals surface area contributed by atoms with Crippen LogP contribution >= 0.6 is 23.2 Å². The summed E-state index contributed by atoms with van der Waals surface area (Å²) < 4.78 is 61.2. The van der Waals surface area contributed by atoms with Crippen LogP contribution < -0.4 is 0 Å². The summed E-state index contributed by atoms with van der Waals surface area (Å²) >= 11 is 12.1. The number of aromatic nitrogens is 2. The van der Waals surface area contributed by atoms with Gasteiger partial charge in [-0.25, -0.2) is 9.37 Å². The summed E-state index contributed by atoms with van der Waals surface area (Å²) in [5, 5.41) is -0.228. The first-order valence-electron chi connectivity index (χ1n) is 10.2. The maximum absolute atomic E-state index is 13.9. The van der Waals surface area contributed by atoms with Gasteiger partial charge in [-0.15, -0.1) is 0 Å². The van der Waals surface area contributed by atoms with Crippen molar-refractivity contribution in [3.63, 3.8) is 0 Å². The highest BCUT2D eigenvalue weighted by Gasteiger charge is 2.37. The summed E-state index contributed by atoms with van der Waals surface area (Å²) in [5.41, 5.74) is -0.621. The van der Waals surface area contributed by atoms with Gasteiger partial charge in [0.25, 0.3) is 5.91 Å². The van der Waals surface area contributed by atoms with E-state index in [1.54, 1.807) is 12.1 Å². The SMILES string of the molecule is O=C(c1nc2c(C(F)(F)F)cc(-c3coc(Cl)c3)cn2c1Cl)N1CCC(c2cccc(F)c2)C1. The zero-order valence-electron chi connectivity index (χ0n) is 17.2. The van der Waals surface area contributed by atoms with Gasteiger partial charge in [0.1, 0.15) is 17.2 Å². The molecule has 0 spiro atoms. The Kier molecular flexibility index (Phi) is 5.56.